The predicted molar refractivity (Wildman–Crippen MR) is 112 cm³/mol. The van der Waals surface area contributed by atoms with Crippen LogP contribution in [0.1, 0.15) is 26.7 Å². The number of rotatable bonds is 6. The highest BCUT2D eigenvalue weighted by Gasteiger charge is 2.29. The van der Waals surface area contributed by atoms with Gasteiger partial charge in [0.15, 0.2) is 0 Å². The van der Waals surface area contributed by atoms with Crippen LogP contribution in [0.3, 0.4) is 0 Å². The topological polar surface area (TPSA) is 94.3 Å². The smallest absolute Gasteiger partial charge is 0.323 e. The predicted octanol–water partition coefficient (Wildman–Crippen LogP) is 3.55. The van der Waals surface area contributed by atoms with Gasteiger partial charge in [0.25, 0.3) is 0 Å². The van der Waals surface area contributed by atoms with Crippen molar-refractivity contribution in [2.24, 2.45) is 5.92 Å². The number of para-hydroxylation sites is 1. The molecular formula is C21H27N5O2. The summed E-state index contributed by atoms with van der Waals surface area (Å²) in [5.41, 5.74) is 8.20. The van der Waals surface area contributed by atoms with Gasteiger partial charge in [-0.2, -0.15) is 0 Å². The summed E-state index contributed by atoms with van der Waals surface area (Å²) in [5.74, 6) is 0.482. The normalized spacial score (nSPS) is 18.7. The zero-order valence-electron chi connectivity index (χ0n) is 16.2. The summed E-state index contributed by atoms with van der Waals surface area (Å²) >= 11 is 0. The van der Waals surface area contributed by atoms with Gasteiger partial charge >= 0.3 is 6.03 Å². The molecule has 1 saturated heterocycles. The standard InChI is InChI=1S/C21H27N5O2/c1-14(2)11-18-13-19(26-25-18)20(27)22-16-9-6-10-17(12-16)24-21(28)23-15-7-4-3-5-8-15/h3-10,12,14,18-19,25-26H,11,13H2,1-2H3,(H,22,27)(H2,23,24,28). The average Bonchev–Trinajstić information content (AvgIpc) is 3.10. The van der Waals surface area contributed by atoms with Crippen LogP contribution in [0.25, 0.3) is 0 Å². The van der Waals surface area contributed by atoms with Crippen LogP contribution < -0.4 is 26.8 Å². The molecule has 2 aromatic rings. The van der Waals surface area contributed by atoms with E-state index in [1.54, 1.807) is 24.3 Å². The van der Waals surface area contributed by atoms with Crippen molar-refractivity contribution in [1.29, 1.82) is 0 Å². The molecule has 28 heavy (non-hydrogen) atoms. The Morgan fingerprint density at radius 1 is 0.929 bits per heavy atom. The highest BCUT2D eigenvalue weighted by molar-refractivity contribution is 6.00. The summed E-state index contributed by atoms with van der Waals surface area (Å²) in [5, 5.41) is 8.44. The van der Waals surface area contributed by atoms with Gasteiger partial charge in [0.1, 0.15) is 6.04 Å². The minimum absolute atomic E-state index is 0.0929. The summed E-state index contributed by atoms with van der Waals surface area (Å²) < 4.78 is 0. The Kier molecular flexibility index (Phi) is 6.62. The quantitative estimate of drug-likeness (QED) is 0.529. The van der Waals surface area contributed by atoms with Crippen LogP contribution in [0.5, 0.6) is 0 Å². The van der Waals surface area contributed by atoms with Gasteiger partial charge in [-0.25, -0.2) is 10.2 Å². The number of nitrogens with one attached hydrogen (secondary N) is 5. The van der Waals surface area contributed by atoms with Crippen LogP contribution in [0.15, 0.2) is 54.6 Å². The van der Waals surface area contributed by atoms with Gasteiger partial charge in [-0.1, -0.05) is 38.1 Å². The van der Waals surface area contributed by atoms with E-state index in [0.717, 1.165) is 12.8 Å². The number of hydrogen-bond donors (Lipinski definition) is 5. The second kappa shape index (κ2) is 9.34. The first kappa shape index (κ1) is 19.9. The van der Waals surface area contributed by atoms with Crippen LogP contribution in [0.4, 0.5) is 21.9 Å². The molecule has 5 N–H and O–H groups in total. The highest BCUT2D eigenvalue weighted by Crippen LogP contribution is 2.18. The van der Waals surface area contributed by atoms with Crippen LogP contribution >= 0.6 is 0 Å². The number of urea groups is 1. The Balaban J connectivity index is 1.53. The molecule has 7 nitrogen and oxygen atoms in total. The molecule has 2 aromatic carbocycles. The van der Waals surface area contributed by atoms with Crippen molar-refractivity contribution in [3.8, 4) is 0 Å². The molecule has 3 rings (SSSR count). The minimum atomic E-state index is -0.340. The lowest BCUT2D eigenvalue weighted by atomic mass is 10.00. The van der Waals surface area contributed by atoms with Gasteiger partial charge in [-0.3, -0.25) is 10.2 Å². The van der Waals surface area contributed by atoms with E-state index in [4.69, 9.17) is 0 Å². The highest BCUT2D eigenvalue weighted by atomic mass is 16.2. The molecule has 148 valence electrons. The van der Waals surface area contributed by atoms with Gasteiger partial charge in [0, 0.05) is 23.1 Å². The van der Waals surface area contributed by atoms with Crippen LogP contribution in [-0.4, -0.2) is 24.0 Å². The van der Waals surface area contributed by atoms with Crippen molar-refractivity contribution < 1.29 is 9.59 Å². The Labute approximate surface area is 165 Å². The van der Waals surface area contributed by atoms with Gasteiger partial charge in [0.2, 0.25) is 5.91 Å². The van der Waals surface area contributed by atoms with E-state index in [1.165, 1.54) is 0 Å². The molecule has 0 spiro atoms. The number of anilines is 3. The molecule has 0 aliphatic carbocycles. The number of benzene rings is 2. The molecule has 0 saturated carbocycles. The lowest BCUT2D eigenvalue weighted by molar-refractivity contribution is -0.117. The summed E-state index contributed by atoms with van der Waals surface area (Å²) in [6.07, 6.45) is 1.77. The van der Waals surface area contributed by atoms with Crippen molar-refractivity contribution in [3.05, 3.63) is 54.6 Å². The van der Waals surface area contributed by atoms with E-state index >= 15 is 0 Å². The van der Waals surface area contributed by atoms with Gasteiger partial charge in [-0.05, 0) is 49.1 Å². The summed E-state index contributed by atoms with van der Waals surface area (Å²) in [4.78, 5) is 24.6. The molecular weight excluding hydrogens is 354 g/mol. The molecule has 3 amide bonds. The van der Waals surface area contributed by atoms with Gasteiger partial charge in [0.05, 0.1) is 0 Å². The zero-order chi connectivity index (χ0) is 19.9. The SMILES string of the molecule is CC(C)CC1CC(C(=O)Nc2cccc(NC(=O)Nc3ccccc3)c2)NN1. The molecule has 1 aliphatic heterocycles. The maximum absolute atomic E-state index is 12.5. The molecule has 7 heteroatoms. The fourth-order valence-electron chi connectivity index (χ4n) is 3.24. The van der Waals surface area contributed by atoms with Crippen LogP contribution in [0, 0.1) is 5.92 Å². The van der Waals surface area contributed by atoms with E-state index in [2.05, 4.69) is 40.6 Å². The first-order valence-electron chi connectivity index (χ1n) is 9.54. The minimum Gasteiger partial charge on any atom is -0.325 e. The summed E-state index contributed by atoms with van der Waals surface area (Å²) in [6, 6.07) is 16.0. The number of carbonyl (C=O) groups excluding carboxylic acids is 2. The third-order valence-electron chi connectivity index (χ3n) is 4.47. The Morgan fingerprint density at radius 2 is 1.57 bits per heavy atom. The maximum atomic E-state index is 12.5. The summed E-state index contributed by atoms with van der Waals surface area (Å²) in [7, 11) is 0. The molecule has 0 aromatic heterocycles. The van der Waals surface area contributed by atoms with Crippen molar-refractivity contribution in [3.63, 3.8) is 0 Å². The monoisotopic (exact) mass is 381 g/mol. The lowest BCUT2D eigenvalue weighted by Crippen LogP contribution is -2.40. The van der Waals surface area contributed by atoms with E-state index < -0.39 is 0 Å². The van der Waals surface area contributed by atoms with Crippen LogP contribution in [0.2, 0.25) is 0 Å². The van der Waals surface area contributed by atoms with Crippen LogP contribution in [-0.2, 0) is 4.79 Å². The molecule has 2 atom stereocenters. The van der Waals surface area contributed by atoms with E-state index in [9.17, 15) is 9.59 Å². The Hall–Kier alpha value is -2.90. The van der Waals surface area contributed by atoms with Crippen molar-refractivity contribution in [2.45, 2.75) is 38.8 Å². The number of amides is 3. The Bertz CT molecular complexity index is 809. The maximum Gasteiger partial charge on any atom is 0.323 e. The summed E-state index contributed by atoms with van der Waals surface area (Å²) in [6.45, 7) is 4.34. The molecule has 0 bridgehead atoms. The molecule has 1 fully saturated rings. The first-order valence-corrected chi connectivity index (χ1v) is 9.54. The van der Waals surface area contributed by atoms with Gasteiger partial charge in [-0.15, -0.1) is 0 Å². The number of hydrogen-bond acceptors (Lipinski definition) is 4. The second-order valence-corrected chi connectivity index (χ2v) is 7.42. The largest absolute Gasteiger partial charge is 0.325 e. The third-order valence-corrected chi connectivity index (χ3v) is 4.47. The third kappa shape index (κ3) is 5.80. The molecule has 0 radical (unpaired) electrons. The van der Waals surface area contributed by atoms with E-state index in [1.807, 2.05) is 30.3 Å². The van der Waals surface area contributed by atoms with Crippen molar-refractivity contribution >= 4 is 29.0 Å². The molecule has 2 unspecified atom stereocenters. The second-order valence-electron chi connectivity index (χ2n) is 7.42. The number of carbonyl (C=O) groups is 2. The van der Waals surface area contributed by atoms with Crippen molar-refractivity contribution in [2.75, 3.05) is 16.0 Å². The fraction of sp³-hybridized carbons (Fsp3) is 0.333. The molecule has 1 heterocycles. The average molecular weight is 381 g/mol. The Morgan fingerprint density at radius 3 is 2.29 bits per heavy atom. The molecule has 1 aliphatic rings. The van der Waals surface area contributed by atoms with E-state index in [-0.39, 0.29) is 18.0 Å². The van der Waals surface area contributed by atoms with E-state index in [0.29, 0.717) is 29.0 Å². The van der Waals surface area contributed by atoms with Crippen molar-refractivity contribution in [1.82, 2.24) is 10.9 Å². The number of hydrazine groups is 1. The fourth-order valence-corrected chi connectivity index (χ4v) is 3.24. The lowest BCUT2D eigenvalue weighted by Gasteiger charge is -2.13. The zero-order valence-corrected chi connectivity index (χ0v) is 16.2. The van der Waals surface area contributed by atoms with Gasteiger partial charge < -0.3 is 16.0 Å². The first-order chi connectivity index (χ1) is 13.5.